The highest BCUT2D eigenvalue weighted by Gasteiger charge is 2.08. The van der Waals surface area contributed by atoms with Crippen molar-refractivity contribution < 1.29 is 18.7 Å². The lowest BCUT2D eigenvalue weighted by Gasteiger charge is -2.12. The van der Waals surface area contributed by atoms with E-state index >= 15 is 0 Å². The molecule has 0 heterocycles. The molecule has 0 fully saturated rings. The molecule has 0 aliphatic carbocycles. The molecule has 0 atom stereocenters. The fourth-order valence-electron chi connectivity index (χ4n) is 0.979. The smallest absolute Gasteiger partial charge is 0.407 e. The van der Waals surface area contributed by atoms with Gasteiger partial charge in [0, 0.05) is 13.6 Å². The van der Waals surface area contributed by atoms with E-state index in [1.54, 1.807) is 0 Å². The first-order chi connectivity index (χ1) is 6.50. The van der Waals surface area contributed by atoms with Gasteiger partial charge in [-0.1, -0.05) is 6.07 Å². The number of carboxylic acid groups (broad SMARTS) is 1. The molecule has 0 aromatic heterocycles. The molecular formula is C9H9F2NO2. The van der Waals surface area contributed by atoms with E-state index in [2.05, 4.69) is 0 Å². The highest BCUT2D eigenvalue weighted by molar-refractivity contribution is 5.64. The first-order valence-electron chi connectivity index (χ1n) is 3.88. The Morgan fingerprint density at radius 2 is 2.07 bits per heavy atom. The van der Waals surface area contributed by atoms with Gasteiger partial charge in [-0.15, -0.1) is 0 Å². The van der Waals surface area contributed by atoms with Crippen molar-refractivity contribution in [2.45, 2.75) is 6.54 Å². The van der Waals surface area contributed by atoms with E-state index in [1.807, 2.05) is 0 Å². The minimum Gasteiger partial charge on any atom is -0.465 e. The SMILES string of the molecule is CN(Cc1ccc(F)c(F)c1)C(=O)O. The Hall–Kier alpha value is -1.65. The summed E-state index contributed by atoms with van der Waals surface area (Å²) < 4.78 is 25.2. The summed E-state index contributed by atoms with van der Waals surface area (Å²) in [7, 11) is 1.35. The van der Waals surface area contributed by atoms with E-state index in [-0.39, 0.29) is 6.54 Å². The summed E-state index contributed by atoms with van der Waals surface area (Å²) >= 11 is 0. The standard InChI is InChI=1S/C9H9F2NO2/c1-12(9(13)14)5-6-2-3-7(10)8(11)4-6/h2-4H,5H2,1H3,(H,13,14). The molecule has 1 aromatic rings. The molecule has 0 unspecified atom stereocenters. The molecule has 76 valence electrons. The van der Waals surface area contributed by atoms with Crippen LogP contribution in [0.25, 0.3) is 0 Å². The quantitative estimate of drug-likeness (QED) is 0.795. The molecule has 0 saturated carbocycles. The second-order valence-electron chi connectivity index (χ2n) is 2.89. The van der Waals surface area contributed by atoms with Crippen LogP contribution in [0.3, 0.4) is 0 Å². The number of hydrogen-bond acceptors (Lipinski definition) is 1. The maximum absolute atomic E-state index is 12.7. The van der Waals surface area contributed by atoms with E-state index in [0.29, 0.717) is 5.56 Å². The molecule has 1 amide bonds. The van der Waals surface area contributed by atoms with Crippen LogP contribution >= 0.6 is 0 Å². The van der Waals surface area contributed by atoms with Crippen molar-refractivity contribution >= 4 is 6.09 Å². The van der Waals surface area contributed by atoms with Crippen molar-refractivity contribution in [1.82, 2.24) is 4.90 Å². The predicted molar refractivity (Wildman–Crippen MR) is 45.8 cm³/mol. The highest BCUT2D eigenvalue weighted by atomic mass is 19.2. The number of benzene rings is 1. The number of amides is 1. The van der Waals surface area contributed by atoms with Gasteiger partial charge in [-0.05, 0) is 17.7 Å². The van der Waals surface area contributed by atoms with Gasteiger partial charge in [0.05, 0.1) is 0 Å². The Labute approximate surface area is 79.6 Å². The molecule has 5 heteroatoms. The second kappa shape index (κ2) is 4.04. The number of rotatable bonds is 2. The lowest BCUT2D eigenvalue weighted by molar-refractivity contribution is 0.153. The Bertz CT molecular complexity index is 355. The molecule has 0 aliphatic rings. The van der Waals surface area contributed by atoms with Crippen LogP contribution in [-0.4, -0.2) is 23.1 Å². The molecule has 0 aliphatic heterocycles. The maximum atomic E-state index is 12.7. The van der Waals surface area contributed by atoms with E-state index < -0.39 is 17.7 Å². The molecule has 0 spiro atoms. The van der Waals surface area contributed by atoms with Gasteiger partial charge in [-0.3, -0.25) is 0 Å². The zero-order valence-electron chi connectivity index (χ0n) is 7.50. The van der Waals surface area contributed by atoms with E-state index in [1.165, 1.54) is 13.1 Å². The summed E-state index contributed by atoms with van der Waals surface area (Å²) in [5.74, 6) is -1.91. The summed E-state index contributed by atoms with van der Waals surface area (Å²) in [6, 6.07) is 3.30. The number of carbonyl (C=O) groups is 1. The van der Waals surface area contributed by atoms with E-state index in [9.17, 15) is 13.6 Å². The third-order valence-electron chi connectivity index (χ3n) is 1.73. The minimum atomic E-state index is -1.12. The van der Waals surface area contributed by atoms with Gasteiger partial charge >= 0.3 is 6.09 Å². The average molecular weight is 201 g/mol. The van der Waals surface area contributed by atoms with Gasteiger partial charge < -0.3 is 10.0 Å². The van der Waals surface area contributed by atoms with Crippen LogP contribution in [0.15, 0.2) is 18.2 Å². The van der Waals surface area contributed by atoms with E-state index in [0.717, 1.165) is 17.0 Å². The van der Waals surface area contributed by atoms with Crippen LogP contribution in [0.1, 0.15) is 5.56 Å². The van der Waals surface area contributed by atoms with Crippen LogP contribution in [0.2, 0.25) is 0 Å². The monoisotopic (exact) mass is 201 g/mol. The van der Waals surface area contributed by atoms with Crippen molar-refractivity contribution in [3.8, 4) is 0 Å². The normalized spacial score (nSPS) is 9.93. The molecule has 0 saturated heterocycles. The Morgan fingerprint density at radius 1 is 1.43 bits per heavy atom. The van der Waals surface area contributed by atoms with Gasteiger partial charge in [-0.2, -0.15) is 0 Å². The summed E-state index contributed by atoms with van der Waals surface area (Å²) in [6.45, 7) is 0.0343. The van der Waals surface area contributed by atoms with Crippen LogP contribution < -0.4 is 0 Å². The lowest BCUT2D eigenvalue weighted by atomic mass is 10.2. The molecule has 1 rings (SSSR count). The lowest BCUT2D eigenvalue weighted by Crippen LogP contribution is -2.23. The first-order valence-corrected chi connectivity index (χ1v) is 3.88. The van der Waals surface area contributed by atoms with Crippen LogP contribution in [0.4, 0.5) is 13.6 Å². The number of hydrogen-bond donors (Lipinski definition) is 1. The number of halogens is 2. The molecule has 3 nitrogen and oxygen atoms in total. The molecular weight excluding hydrogens is 192 g/mol. The molecule has 0 bridgehead atoms. The Balaban J connectivity index is 2.78. The van der Waals surface area contributed by atoms with Gasteiger partial charge in [-0.25, -0.2) is 13.6 Å². The Morgan fingerprint density at radius 3 is 2.57 bits per heavy atom. The summed E-state index contributed by atoms with van der Waals surface area (Å²) in [5.41, 5.74) is 0.411. The predicted octanol–water partition coefficient (Wildman–Crippen LogP) is 2.07. The zero-order valence-corrected chi connectivity index (χ0v) is 7.50. The molecule has 14 heavy (non-hydrogen) atoms. The van der Waals surface area contributed by atoms with Crippen LogP contribution in [-0.2, 0) is 6.54 Å². The van der Waals surface area contributed by atoms with Crippen molar-refractivity contribution in [2.75, 3.05) is 7.05 Å². The highest BCUT2D eigenvalue weighted by Crippen LogP contribution is 2.10. The number of nitrogens with zero attached hydrogens (tertiary/aromatic N) is 1. The van der Waals surface area contributed by atoms with Crippen molar-refractivity contribution in [3.63, 3.8) is 0 Å². The third-order valence-corrected chi connectivity index (χ3v) is 1.73. The van der Waals surface area contributed by atoms with Crippen molar-refractivity contribution in [1.29, 1.82) is 0 Å². The van der Waals surface area contributed by atoms with Gasteiger partial charge in [0.25, 0.3) is 0 Å². The minimum absolute atomic E-state index is 0.0343. The van der Waals surface area contributed by atoms with Gasteiger partial charge in [0.1, 0.15) is 0 Å². The summed E-state index contributed by atoms with van der Waals surface area (Å²) in [5, 5.41) is 8.53. The molecule has 1 N–H and O–H groups in total. The van der Waals surface area contributed by atoms with Gasteiger partial charge in [0.15, 0.2) is 11.6 Å². The second-order valence-corrected chi connectivity index (χ2v) is 2.89. The fourth-order valence-corrected chi connectivity index (χ4v) is 0.979. The topological polar surface area (TPSA) is 40.5 Å². The van der Waals surface area contributed by atoms with Gasteiger partial charge in [0.2, 0.25) is 0 Å². The Kier molecular flexibility index (Phi) is 3.01. The third kappa shape index (κ3) is 2.42. The largest absolute Gasteiger partial charge is 0.465 e. The van der Waals surface area contributed by atoms with E-state index in [4.69, 9.17) is 5.11 Å². The summed E-state index contributed by atoms with van der Waals surface area (Å²) in [6.07, 6.45) is -1.12. The van der Waals surface area contributed by atoms with Crippen molar-refractivity contribution in [2.24, 2.45) is 0 Å². The van der Waals surface area contributed by atoms with Crippen molar-refractivity contribution in [3.05, 3.63) is 35.4 Å². The van der Waals surface area contributed by atoms with Crippen LogP contribution in [0, 0.1) is 11.6 Å². The summed E-state index contributed by atoms with van der Waals surface area (Å²) in [4.78, 5) is 11.4. The first kappa shape index (κ1) is 10.4. The fraction of sp³-hybridized carbons (Fsp3) is 0.222. The molecule has 1 aromatic carbocycles. The molecule has 0 radical (unpaired) electrons. The maximum Gasteiger partial charge on any atom is 0.407 e. The van der Waals surface area contributed by atoms with Crippen LogP contribution in [0.5, 0.6) is 0 Å². The average Bonchev–Trinajstić information content (AvgIpc) is 2.11. The zero-order chi connectivity index (χ0) is 10.7.